The first-order valence-electron chi connectivity index (χ1n) is 8.39. The third-order valence-corrected chi connectivity index (χ3v) is 5.75. The second-order valence-corrected chi connectivity index (χ2v) is 8.05. The Kier molecular flexibility index (Phi) is 6.45. The highest BCUT2D eigenvalue weighted by molar-refractivity contribution is 7.89. The van der Waals surface area contributed by atoms with Gasteiger partial charge in [-0.2, -0.15) is 0 Å². The maximum absolute atomic E-state index is 12.4. The number of benzene rings is 2. The summed E-state index contributed by atoms with van der Waals surface area (Å²) in [5, 5.41) is 3.30. The van der Waals surface area contributed by atoms with Gasteiger partial charge in [-0.15, -0.1) is 0 Å². The van der Waals surface area contributed by atoms with Crippen molar-refractivity contribution in [2.45, 2.75) is 31.7 Å². The first kappa shape index (κ1) is 19.3. The van der Waals surface area contributed by atoms with Crippen molar-refractivity contribution >= 4 is 15.7 Å². The number of nitrogens with one attached hydrogen (secondary N) is 1. The number of rotatable bonds is 8. The van der Waals surface area contributed by atoms with Crippen molar-refractivity contribution < 1.29 is 13.2 Å². The Hall–Kier alpha value is -2.05. The van der Waals surface area contributed by atoms with Gasteiger partial charge in [-0.25, -0.2) is 12.7 Å². The third-order valence-electron chi connectivity index (χ3n) is 3.94. The van der Waals surface area contributed by atoms with E-state index in [2.05, 4.69) is 36.5 Å². The molecule has 5 nitrogen and oxygen atoms in total. The Labute approximate surface area is 150 Å². The quantitative estimate of drug-likeness (QED) is 0.781. The van der Waals surface area contributed by atoms with Crippen LogP contribution < -0.4 is 10.1 Å². The number of ether oxygens (including phenoxy) is 1. The molecule has 0 saturated carbocycles. The van der Waals surface area contributed by atoms with E-state index in [0.717, 1.165) is 12.0 Å². The van der Waals surface area contributed by atoms with Crippen molar-refractivity contribution in [2.75, 3.05) is 26.0 Å². The van der Waals surface area contributed by atoms with Crippen LogP contribution in [0.5, 0.6) is 5.75 Å². The summed E-state index contributed by atoms with van der Waals surface area (Å²) in [6.07, 6.45) is 1.01. The Balaban J connectivity index is 2.26. The van der Waals surface area contributed by atoms with Crippen LogP contribution in [0.3, 0.4) is 0 Å². The van der Waals surface area contributed by atoms with Crippen LogP contribution in [0.1, 0.15) is 25.0 Å². The molecule has 0 aliphatic heterocycles. The molecule has 0 aromatic heterocycles. The molecule has 1 N–H and O–H groups in total. The van der Waals surface area contributed by atoms with Crippen molar-refractivity contribution in [2.24, 2.45) is 0 Å². The first-order chi connectivity index (χ1) is 11.9. The Bertz CT molecular complexity index is 800. The number of sulfonamides is 1. The minimum absolute atomic E-state index is 0.241. The molecule has 0 amide bonds. The zero-order chi connectivity index (χ0) is 18.4. The zero-order valence-corrected chi connectivity index (χ0v) is 16.1. The van der Waals surface area contributed by atoms with Crippen molar-refractivity contribution in [3.63, 3.8) is 0 Å². The van der Waals surface area contributed by atoms with E-state index in [9.17, 15) is 8.42 Å². The molecule has 25 heavy (non-hydrogen) atoms. The van der Waals surface area contributed by atoms with Gasteiger partial charge in [0.25, 0.3) is 0 Å². The summed E-state index contributed by atoms with van der Waals surface area (Å²) >= 11 is 0. The first-order valence-corrected chi connectivity index (χ1v) is 9.83. The normalized spacial score (nSPS) is 11.6. The molecule has 0 unspecified atom stereocenters. The lowest BCUT2D eigenvalue weighted by atomic mass is 10.1. The number of hydrogen-bond acceptors (Lipinski definition) is 4. The van der Waals surface area contributed by atoms with Crippen LogP contribution in [-0.4, -0.2) is 33.4 Å². The largest absolute Gasteiger partial charge is 0.492 e. The summed E-state index contributed by atoms with van der Waals surface area (Å²) in [7, 11) is -0.441. The Morgan fingerprint density at radius 1 is 1.00 bits per heavy atom. The summed E-state index contributed by atoms with van der Waals surface area (Å²) in [6.45, 7) is 5.13. The molecular weight excluding hydrogens is 336 g/mol. The number of aryl methyl sites for hydroxylation is 1. The summed E-state index contributed by atoms with van der Waals surface area (Å²) in [4.78, 5) is 0.241. The van der Waals surface area contributed by atoms with E-state index in [0.29, 0.717) is 24.6 Å². The molecule has 0 saturated heterocycles. The molecule has 0 fully saturated rings. The lowest BCUT2D eigenvalue weighted by molar-refractivity contribution is 0.341. The van der Waals surface area contributed by atoms with Crippen LogP contribution in [-0.2, 0) is 23.0 Å². The fourth-order valence-corrected chi connectivity index (χ4v) is 3.32. The van der Waals surface area contributed by atoms with Crippen LogP contribution in [0.15, 0.2) is 47.4 Å². The molecule has 0 bridgehead atoms. The second-order valence-electron chi connectivity index (χ2n) is 5.90. The maximum atomic E-state index is 12.4. The number of anilines is 1. The van der Waals surface area contributed by atoms with Gasteiger partial charge < -0.3 is 10.1 Å². The van der Waals surface area contributed by atoms with Crippen LogP contribution in [0.4, 0.5) is 5.69 Å². The standard InChI is InChI=1S/C19H26N2O3S/c1-5-15-7-9-16(10-8-15)14-20-18-13-17(25(22,23)21(3)4)11-12-19(18)24-6-2/h7-13,20H,5-6,14H2,1-4H3. The average molecular weight is 362 g/mol. The molecular formula is C19H26N2O3S. The fraction of sp³-hybridized carbons (Fsp3) is 0.368. The predicted molar refractivity (Wildman–Crippen MR) is 102 cm³/mol. The zero-order valence-electron chi connectivity index (χ0n) is 15.2. The van der Waals surface area contributed by atoms with E-state index in [1.165, 1.54) is 24.0 Å². The van der Waals surface area contributed by atoms with Crippen LogP contribution in [0, 0.1) is 0 Å². The lowest BCUT2D eigenvalue weighted by Crippen LogP contribution is -2.22. The topological polar surface area (TPSA) is 58.6 Å². The Morgan fingerprint density at radius 3 is 2.20 bits per heavy atom. The molecule has 2 rings (SSSR count). The highest BCUT2D eigenvalue weighted by Gasteiger charge is 2.19. The molecule has 0 aliphatic rings. The fourth-order valence-electron chi connectivity index (χ4n) is 2.39. The van der Waals surface area contributed by atoms with Crippen molar-refractivity contribution in [3.05, 3.63) is 53.6 Å². The Morgan fingerprint density at radius 2 is 1.64 bits per heavy atom. The molecule has 0 atom stereocenters. The smallest absolute Gasteiger partial charge is 0.242 e. The van der Waals surface area contributed by atoms with Crippen molar-refractivity contribution in [1.29, 1.82) is 0 Å². The van der Waals surface area contributed by atoms with Gasteiger partial charge in [0.1, 0.15) is 5.75 Å². The predicted octanol–water partition coefficient (Wildman–Crippen LogP) is 3.51. The third kappa shape index (κ3) is 4.74. The van der Waals surface area contributed by atoms with E-state index >= 15 is 0 Å². The molecule has 0 heterocycles. The van der Waals surface area contributed by atoms with Gasteiger partial charge >= 0.3 is 0 Å². The number of nitrogens with zero attached hydrogens (tertiary/aromatic N) is 1. The van der Waals surface area contributed by atoms with Crippen molar-refractivity contribution in [3.8, 4) is 5.75 Å². The lowest BCUT2D eigenvalue weighted by Gasteiger charge is -2.16. The van der Waals surface area contributed by atoms with E-state index in [4.69, 9.17) is 4.74 Å². The molecule has 0 aliphatic carbocycles. The van der Waals surface area contributed by atoms with Gasteiger partial charge in [-0.3, -0.25) is 0 Å². The maximum Gasteiger partial charge on any atom is 0.242 e. The van der Waals surface area contributed by atoms with Crippen LogP contribution in [0.2, 0.25) is 0 Å². The van der Waals surface area contributed by atoms with Crippen LogP contribution >= 0.6 is 0 Å². The van der Waals surface area contributed by atoms with Crippen molar-refractivity contribution in [1.82, 2.24) is 4.31 Å². The van der Waals surface area contributed by atoms with E-state index in [1.54, 1.807) is 18.2 Å². The molecule has 6 heteroatoms. The molecule has 2 aromatic carbocycles. The molecule has 2 aromatic rings. The van der Waals surface area contributed by atoms with Gasteiger partial charge in [0, 0.05) is 20.6 Å². The highest BCUT2D eigenvalue weighted by atomic mass is 32.2. The van der Waals surface area contributed by atoms with E-state index in [1.807, 2.05) is 6.92 Å². The minimum atomic E-state index is -3.49. The summed E-state index contributed by atoms with van der Waals surface area (Å²) in [5.74, 6) is 0.644. The summed E-state index contributed by atoms with van der Waals surface area (Å²) < 4.78 is 31.5. The van der Waals surface area contributed by atoms with E-state index in [-0.39, 0.29) is 4.90 Å². The second kappa shape index (κ2) is 8.36. The van der Waals surface area contributed by atoms with Gasteiger partial charge in [0.15, 0.2) is 0 Å². The summed E-state index contributed by atoms with van der Waals surface area (Å²) in [5.41, 5.74) is 3.09. The molecule has 136 valence electrons. The van der Waals surface area contributed by atoms with E-state index < -0.39 is 10.0 Å². The highest BCUT2D eigenvalue weighted by Crippen LogP contribution is 2.29. The number of hydrogen-bond donors (Lipinski definition) is 1. The summed E-state index contributed by atoms with van der Waals surface area (Å²) in [6, 6.07) is 13.3. The minimum Gasteiger partial charge on any atom is -0.492 e. The SMILES string of the molecule is CCOc1ccc(S(=O)(=O)N(C)C)cc1NCc1ccc(CC)cc1. The molecule has 0 radical (unpaired) electrons. The van der Waals surface area contributed by atoms with Gasteiger partial charge in [0.2, 0.25) is 10.0 Å². The van der Waals surface area contributed by atoms with Gasteiger partial charge in [0.05, 0.1) is 17.2 Å². The monoisotopic (exact) mass is 362 g/mol. The molecule has 0 spiro atoms. The van der Waals surface area contributed by atoms with Crippen LogP contribution in [0.25, 0.3) is 0 Å². The van der Waals surface area contributed by atoms with Gasteiger partial charge in [-0.1, -0.05) is 31.2 Å². The van der Waals surface area contributed by atoms with Gasteiger partial charge in [-0.05, 0) is 42.7 Å². The average Bonchev–Trinajstić information content (AvgIpc) is 2.61.